The first-order valence-corrected chi connectivity index (χ1v) is 5.36. The highest BCUT2D eigenvalue weighted by Gasteiger charge is 2.30. The van der Waals surface area contributed by atoms with Gasteiger partial charge in [0.2, 0.25) is 5.91 Å². The second-order valence-corrected chi connectivity index (χ2v) is 5.10. The molecule has 0 heterocycles. The summed E-state index contributed by atoms with van der Waals surface area (Å²) in [5, 5.41) is 9.14. The summed E-state index contributed by atoms with van der Waals surface area (Å²) >= 11 is 0. The number of nitrogens with zero attached hydrogens (tertiary/aromatic N) is 1. The van der Waals surface area contributed by atoms with Crippen molar-refractivity contribution in [3.63, 3.8) is 0 Å². The van der Waals surface area contributed by atoms with Crippen molar-refractivity contribution in [1.29, 1.82) is 0 Å². The number of aliphatic hydroxyl groups is 1. The molecule has 15 heavy (non-hydrogen) atoms. The van der Waals surface area contributed by atoms with E-state index >= 15 is 0 Å². The Labute approximate surface area is 92.4 Å². The third kappa shape index (κ3) is 4.18. The van der Waals surface area contributed by atoms with Gasteiger partial charge in [0.15, 0.2) is 0 Å². The van der Waals surface area contributed by atoms with Crippen molar-refractivity contribution in [1.82, 2.24) is 4.90 Å². The zero-order valence-electron chi connectivity index (χ0n) is 10.4. The van der Waals surface area contributed by atoms with Gasteiger partial charge in [-0.25, -0.2) is 0 Å². The normalized spacial score (nSPS) is 14.1. The van der Waals surface area contributed by atoms with E-state index in [9.17, 15) is 4.79 Å². The van der Waals surface area contributed by atoms with E-state index in [1.807, 2.05) is 27.7 Å². The number of aliphatic hydroxyl groups excluding tert-OH is 1. The SMILES string of the molecule is CC(C)C[C@@H](N)C(=O)N(C)C(C)(C)CO. The molecule has 0 aliphatic carbocycles. The number of nitrogens with two attached hydrogens (primary N) is 1. The molecule has 3 N–H and O–H groups in total. The van der Waals surface area contributed by atoms with E-state index < -0.39 is 11.6 Å². The van der Waals surface area contributed by atoms with Crippen molar-refractivity contribution in [2.45, 2.75) is 45.7 Å². The highest BCUT2D eigenvalue weighted by molar-refractivity contribution is 5.82. The number of rotatable bonds is 5. The van der Waals surface area contributed by atoms with Crippen LogP contribution in [0.1, 0.15) is 34.1 Å². The molecule has 0 aromatic heterocycles. The molecular formula is C11H24N2O2. The Bertz CT molecular complexity index is 215. The summed E-state index contributed by atoms with van der Waals surface area (Å²) in [6, 6.07) is -0.471. The smallest absolute Gasteiger partial charge is 0.239 e. The van der Waals surface area contributed by atoms with Gasteiger partial charge in [-0.3, -0.25) is 4.79 Å². The van der Waals surface area contributed by atoms with Gasteiger partial charge in [0, 0.05) is 7.05 Å². The zero-order chi connectivity index (χ0) is 12.2. The first-order chi connectivity index (χ1) is 6.72. The molecular weight excluding hydrogens is 192 g/mol. The molecule has 0 aromatic carbocycles. The quantitative estimate of drug-likeness (QED) is 0.707. The maximum Gasteiger partial charge on any atom is 0.239 e. The number of carbonyl (C=O) groups excluding carboxylic acids is 1. The summed E-state index contributed by atoms with van der Waals surface area (Å²) in [6.45, 7) is 7.62. The van der Waals surface area contributed by atoms with Crippen molar-refractivity contribution in [2.24, 2.45) is 11.7 Å². The maximum atomic E-state index is 11.9. The number of hydrogen-bond acceptors (Lipinski definition) is 3. The van der Waals surface area contributed by atoms with E-state index in [1.165, 1.54) is 4.90 Å². The Morgan fingerprint density at radius 1 is 1.47 bits per heavy atom. The van der Waals surface area contributed by atoms with Crippen LogP contribution in [-0.4, -0.2) is 41.1 Å². The minimum absolute atomic E-state index is 0.0658. The van der Waals surface area contributed by atoms with Gasteiger partial charge in [-0.05, 0) is 26.2 Å². The minimum atomic E-state index is -0.550. The summed E-state index contributed by atoms with van der Waals surface area (Å²) in [5.41, 5.74) is 5.25. The molecule has 0 radical (unpaired) electrons. The van der Waals surface area contributed by atoms with Crippen molar-refractivity contribution in [2.75, 3.05) is 13.7 Å². The van der Waals surface area contributed by atoms with E-state index in [-0.39, 0.29) is 12.5 Å². The lowest BCUT2D eigenvalue weighted by molar-refractivity contribution is -0.137. The van der Waals surface area contributed by atoms with Crippen LogP contribution in [-0.2, 0) is 4.79 Å². The molecule has 4 nitrogen and oxygen atoms in total. The molecule has 0 aromatic rings. The molecule has 1 atom stereocenters. The Hall–Kier alpha value is -0.610. The van der Waals surface area contributed by atoms with Crippen LogP contribution in [0.15, 0.2) is 0 Å². The Balaban J connectivity index is 4.44. The molecule has 0 rings (SSSR count). The van der Waals surface area contributed by atoms with Crippen molar-refractivity contribution in [3.05, 3.63) is 0 Å². The Kier molecular flexibility index (Phi) is 5.24. The minimum Gasteiger partial charge on any atom is -0.394 e. The summed E-state index contributed by atoms with van der Waals surface area (Å²) < 4.78 is 0. The van der Waals surface area contributed by atoms with Crippen LogP contribution >= 0.6 is 0 Å². The largest absolute Gasteiger partial charge is 0.394 e. The first-order valence-electron chi connectivity index (χ1n) is 5.36. The second-order valence-electron chi connectivity index (χ2n) is 5.10. The van der Waals surface area contributed by atoms with E-state index in [4.69, 9.17) is 10.8 Å². The van der Waals surface area contributed by atoms with Crippen LogP contribution in [0.4, 0.5) is 0 Å². The summed E-state index contributed by atoms with van der Waals surface area (Å²) in [6.07, 6.45) is 0.671. The summed E-state index contributed by atoms with van der Waals surface area (Å²) in [4.78, 5) is 13.4. The third-order valence-electron chi connectivity index (χ3n) is 2.67. The Morgan fingerprint density at radius 3 is 2.27 bits per heavy atom. The molecule has 4 heteroatoms. The average Bonchev–Trinajstić information content (AvgIpc) is 2.14. The number of likely N-dealkylation sites (N-methyl/N-ethyl adjacent to an activating group) is 1. The second kappa shape index (κ2) is 5.47. The van der Waals surface area contributed by atoms with Gasteiger partial charge in [0.05, 0.1) is 18.2 Å². The van der Waals surface area contributed by atoms with Gasteiger partial charge < -0.3 is 15.7 Å². The number of amides is 1. The number of hydrogen-bond donors (Lipinski definition) is 2. The lowest BCUT2D eigenvalue weighted by Gasteiger charge is -2.35. The van der Waals surface area contributed by atoms with Gasteiger partial charge >= 0.3 is 0 Å². The van der Waals surface area contributed by atoms with Gasteiger partial charge in [0.1, 0.15) is 0 Å². The van der Waals surface area contributed by atoms with Crippen molar-refractivity contribution in [3.8, 4) is 0 Å². The summed E-state index contributed by atoms with van der Waals surface area (Å²) in [7, 11) is 1.68. The number of carbonyl (C=O) groups is 1. The van der Waals surface area contributed by atoms with Gasteiger partial charge in [0.25, 0.3) is 0 Å². The van der Waals surface area contributed by atoms with Crippen molar-refractivity contribution < 1.29 is 9.90 Å². The van der Waals surface area contributed by atoms with Crippen molar-refractivity contribution >= 4 is 5.91 Å². The van der Waals surface area contributed by atoms with Gasteiger partial charge in [-0.2, -0.15) is 0 Å². The molecule has 0 aliphatic rings. The van der Waals surface area contributed by atoms with Crippen LogP contribution in [0.3, 0.4) is 0 Å². The molecule has 90 valence electrons. The fourth-order valence-electron chi connectivity index (χ4n) is 1.26. The van der Waals surface area contributed by atoms with Crippen LogP contribution in [0.5, 0.6) is 0 Å². The van der Waals surface area contributed by atoms with Gasteiger partial charge in [-0.15, -0.1) is 0 Å². The lowest BCUT2D eigenvalue weighted by Crippen LogP contribution is -2.53. The molecule has 1 amide bonds. The fraction of sp³-hybridized carbons (Fsp3) is 0.909. The highest BCUT2D eigenvalue weighted by atomic mass is 16.3. The predicted octanol–water partition coefficient (Wildman–Crippen LogP) is 0.589. The van der Waals surface area contributed by atoms with Crippen LogP contribution in [0.25, 0.3) is 0 Å². The molecule has 0 aliphatic heterocycles. The van der Waals surface area contributed by atoms with Crippen LogP contribution < -0.4 is 5.73 Å². The average molecular weight is 216 g/mol. The molecule has 0 fully saturated rings. The Morgan fingerprint density at radius 2 is 1.93 bits per heavy atom. The van der Waals surface area contributed by atoms with Crippen LogP contribution in [0, 0.1) is 5.92 Å². The first kappa shape index (κ1) is 14.4. The van der Waals surface area contributed by atoms with E-state index in [1.54, 1.807) is 7.05 Å². The monoisotopic (exact) mass is 216 g/mol. The predicted molar refractivity (Wildman–Crippen MR) is 61.4 cm³/mol. The molecule has 0 bridgehead atoms. The molecule has 0 unspecified atom stereocenters. The van der Waals surface area contributed by atoms with E-state index in [2.05, 4.69) is 0 Å². The highest BCUT2D eigenvalue weighted by Crippen LogP contribution is 2.14. The maximum absolute atomic E-state index is 11.9. The molecule has 0 spiro atoms. The van der Waals surface area contributed by atoms with E-state index in [0.29, 0.717) is 12.3 Å². The zero-order valence-corrected chi connectivity index (χ0v) is 10.4. The fourth-order valence-corrected chi connectivity index (χ4v) is 1.26. The topological polar surface area (TPSA) is 66.6 Å². The standard InChI is InChI=1S/C11H24N2O2/c1-8(2)6-9(12)10(15)13(5)11(3,4)7-14/h8-9,14H,6-7,12H2,1-5H3/t9-/m1/s1. The van der Waals surface area contributed by atoms with Crippen LogP contribution in [0.2, 0.25) is 0 Å². The third-order valence-corrected chi connectivity index (χ3v) is 2.67. The molecule has 0 saturated heterocycles. The van der Waals surface area contributed by atoms with Gasteiger partial charge in [-0.1, -0.05) is 13.8 Å². The molecule has 0 saturated carbocycles. The van der Waals surface area contributed by atoms with E-state index in [0.717, 1.165) is 0 Å². The lowest BCUT2D eigenvalue weighted by atomic mass is 10.00. The summed E-state index contributed by atoms with van der Waals surface area (Å²) in [5.74, 6) is 0.289.